The van der Waals surface area contributed by atoms with Crippen LogP contribution in [-0.2, 0) is 9.53 Å². The molecule has 0 N–H and O–H groups in total. The quantitative estimate of drug-likeness (QED) is 0.628. The van der Waals surface area contributed by atoms with E-state index in [1.165, 1.54) is 4.90 Å². The van der Waals surface area contributed by atoms with Crippen LogP contribution in [0.1, 0.15) is 47.4 Å². The van der Waals surface area contributed by atoms with Crippen molar-refractivity contribution in [2.75, 3.05) is 6.61 Å². The van der Waals surface area contributed by atoms with Crippen molar-refractivity contribution in [1.82, 2.24) is 4.90 Å². The highest BCUT2D eigenvalue weighted by Gasteiger charge is 2.45. The number of amides is 2. The van der Waals surface area contributed by atoms with E-state index in [-0.39, 0.29) is 30.3 Å². The van der Waals surface area contributed by atoms with Gasteiger partial charge in [0.25, 0.3) is 11.8 Å². The van der Waals surface area contributed by atoms with Gasteiger partial charge < -0.3 is 4.74 Å². The molecule has 5 heteroatoms. The Morgan fingerprint density at radius 1 is 1.19 bits per heavy atom. The number of rotatable bonds is 4. The van der Waals surface area contributed by atoms with E-state index in [0.717, 1.165) is 12.8 Å². The fourth-order valence-electron chi connectivity index (χ4n) is 2.49. The van der Waals surface area contributed by atoms with Crippen molar-refractivity contribution in [3.63, 3.8) is 0 Å². The van der Waals surface area contributed by atoms with Gasteiger partial charge in [0.05, 0.1) is 22.6 Å². The van der Waals surface area contributed by atoms with Gasteiger partial charge in [-0.05, 0) is 38.8 Å². The number of carbonyl (C=O) groups is 3. The van der Waals surface area contributed by atoms with Gasteiger partial charge in [0.1, 0.15) is 6.61 Å². The van der Waals surface area contributed by atoms with Gasteiger partial charge in [0.2, 0.25) is 0 Å². The topological polar surface area (TPSA) is 63.7 Å². The first-order valence-electron chi connectivity index (χ1n) is 7.06. The van der Waals surface area contributed by atoms with Crippen LogP contribution in [0.25, 0.3) is 0 Å². The summed E-state index contributed by atoms with van der Waals surface area (Å²) >= 11 is 0. The van der Waals surface area contributed by atoms with Gasteiger partial charge in [-0.15, -0.1) is 0 Å². The van der Waals surface area contributed by atoms with Gasteiger partial charge in [-0.1, -0.05) is 12.1 Å². The van der Waals surface area contributed by atoms with Gasteiger partial charge in [0, 0.05) is 0 Å². The summed E-state index contributed by atoms with van der Waals surface area (Å²) in [5.74, 6) is -0.895. The third-order valence-electron chi connectivity index (χ3n) is 3.88. The first kappa shape index (κ1) is 13.8. The Hall–Kier alpha value is -2.17. The van der Waals surface area contributed by atoms with Crippen LogP contribution in [0, 0.1) is 5.92 Å². The first-order valence-corrected chi connectivity index (χ1v) is 7.06. The van der Waals surface area contributed by atoms with Crippen molar-refractivity contribution in [2.24, 2.45) is 5.92 Å². The number of nitrogens with zero attached hydrogens (tertiary/aromatic N) is 1. The van der Waals surface area contributed by atoms with E-state index >= 15 is 0 Å². The lowest BCUT2D eigenvalue weighted by Crippen LogP contribution is -2.51. The highest BCUT2D eigenvalue weighted by Crippen LogP contribution is 2.32. The van der Waals surface area contributed by atoms with Crippen LogP contribution < -0.4 is 0 Å². The van der Waals surface area contributed by atoms with Crippen molar-refractivity contribution in [2.45, 2.75) is 32.2 Å². The van der Waals surface area contributed by atoms with E-state index in [0.29, 0.717) is 11.1 Å². The molecular weight excluding hydrogens is 270 g/mol. The molecular formula is C16H17NO4. The zero-order valence-electron chi connectivity index (χ0n) is 12.1. The maximum Gasteiger partial charge on any atom is 0.309 e. The lowest BCUT2D eigenvalue weighted by atomic mass is 10.0. The monoisotopic (exact) mass is 287 g/mol. The molecule has 1 saturated carbocycles. The maximum absolute atomic E-state index is 12.4. The number of imide groups is 1. The molecule has 0 bridgehead atoms. The van der Waals surface area contributed by atoms with Crippen LogP contribution in [0.2, 0.25) is 0 Å². The molecule has 21 heavy (non-hydrogen) atoms. The Labute approximate surface area is 122 Å². The largest absolute Gasteiger partial charge is 0.463 e. The third-order valence-corrected chi connectivity index (χ3v) is 3.88. The zero-order valence-corrected chi connectivity index (χ0v) is 12.1. The molecule has 0 radical (unpaired) electrons. The lowest BCUT2D eigenvalue weighted by Gasteiger charge is -2.33. The summed E-state index contributed by atoms with van der Waals surface area (Å²) in [7, 11) is 0. The molecule has 110 valence electrons. The van der Waals surface area contributed by atoms with Gasteiger partial charge in [-0.2, -0.15) is 0 Å². The van der Waals surface area contributed by atoms with Crippen molar-refractivity contribution < 1.29 is 19.1 Å². The van der Waals surface area contributed by atoms with Crippen molar-refractivity contribution in [3.05, 3.63) is 35.4 Å². The summed E-state index contributed by atoms with van der Waals surface area (Å²) in [5, 5.41) is 0. The molecule has 1 aromatic rings. The summed E-state index contributed by atoms with van der Waals surface area (Å²) in [5.41, 5.74) is -0.0502. The third kappa shape index (κ3) is 2.33. The van der Waals surface area contributed by atoms with E-state index in [2.05, 4.69) is 0 Å². The van der Waals surface area contributed by atoms with Crippen LogP contribution in [-0.4, -0.2) is 34.8 Å². The number of ether oxygens (including phenoxy) is 1. The molecule has 0 saturated heterocycles. The molecule has 0 aromatic heterocycles. The second-order valence-electron chi connectivity index (χ2n) is 6.19. The normalized spacial score (nSPS) is 17.9. The number of hydrogen-bond acceptors (Lipinski definition) is 4. The molecule has 0 unspecified atom stereocenters. The van der Waals surface area contributed by atoms with E-state index in [1.807, 2.05) is 0 Å². The summed E-state index contributed by atoms with van der Waals surface area (Å²) in [4.78, 5) is 37.6. The summed E-state index contributed by atoms with van der Waals surface area (Å²) in [6, 6.07) is 6.74. The van der Waals surface area contributed by atoms with Crippen molar-refractivity contribution in [1.29, 1.82) is 0 Å². The Kier molecular flexibility index (Phi) is 3.08. The first-order chi connectivity index (χ1) is 9.92. The maximum atomic E-state index is 12.4. The average Bonchev–Trinajstić information content (AvgIpc) is 3.25. The summed E-state index contributed by atoms with van der Waals surface area (Å²) in [6.45, 7) is 3.48. The second kappa shape index (κ2) is 4.69. The molecule has 1 aromatic carbocycles. The minimum Gasteiger partial charge on any atom is -0.463 e. The Bertz CT molecular complexity index is 596. The molecule has 1 aliphatic carbocycles. The van der Waals surface area contributed by atoms with Crippen LogP contribution in [0.5, 0.6) is 0 Å². The summed E-state index contributed by atoms with van der Waals surface area (Å²) in [6.07, 6.45) is 1.73. The SMILES string of the molecule is CC(C)(COC(=O)C1CC1)N1C(=O)c2ccccc2C1=O. The van der Waals surface area contributed by atoms with Gasteiger partial charge in [-0.3, -0.25) is 19.3 Å². The van der Waals surface area contributed by atoms with E-state index in [4.69, 9.17) is 4.74 Å². The average molecular weight is 287 g/mol. The number of fused-ring (bicyclic) bond motifs is 1. The standard InChI is InChI=1S/C16H17NO4/c1-16(2,9-21-15(20)10-7-8-10)17-13(18)11-5-3-4-6-12(11)14(17)19/h3-6,10H,7-9H2,1-2H3. The van der Waals surface area contributed by atoms with Gasteiger partial charge in [-0.25, -0.2) is 0 Å². The van der Waals surface area contributed by atoms with Crippen LogP contribution in [0.15, 0.2) is 24.3 Å². The fourth-order valence-corrected chi connectivity index (χ4v) is 2.49. The van der Waals surface area contributed by atoms with E-state index in [1.54, 1.807) is 38.1 Å². The number of esters is 1. The van der Waals surface area contributed by atoms with E-state index < -0.39 is 5.54 Å². The Morgan fingerprint density at radius 2 is 1.71 bits per heavy atom. The minimum absolute atomic E-state index is 0.00276. The molecule has 5 nitrogen and oxygen atoms in total. The molecule has 2 aliphatic rings. The Balaban J connectivity index is 1.78. The molecule has 1 aliphatic heterocycles. The van der Waals surface area contributed by atoms with E-state index in [9.17, 15) is 14.4 Å². The number of benzene rings is 1. The number of hydrogen-bond donors (Lipinski definition) is 0. The predicted molar refractivity (Wildman–Crippen MR) is 74.7 cm³/mol. The predicted octanol–water partition coefficient (Wildman–Crippen LogP) is 2.01. The molecule has 3 rings (SSSR count). The molecule has 1 fully saturated rings. The zero-order chi connectivity index (χ0) is 15.2. The number of carbonyl (C=O) groups excluding carboxylic acids is 3. The van der Waals surface area contributed by atoms with Crippen LogP contribution in [0.3, 0.4) is 0 Å². The Morgan fingerprint density at radius 3 is 2.19 bits per heavy atom. The molecule has 0 atom stereocenters. The van der Waals surface area contributed by atoms with Crippen molar-refractivity contribution in [3.8, 4) is 0 Å². The van der Waals surface area contributed by atoms with Crippen molar-refractivity contribution >= 4 is 17.8 Å². The minimum atomic E-state index is -0.863. The molecule has 0 spiro atoms. The lowest BCUT2D eigenvalue weighted by molar-refractivity contribution is -0.148. The highest BCUT2D eigenvalue weighted by atomic mass is 16.5. The highest BCUT2D eigenvalue weighted by molar-refractivity contribution is 6.21. The van der Waals surface area contributed by atoms with Crippen LogP contribution >= 0.6 is 0 Å². The van der Waals surface area contributed by atoms with Gasteiger partial charge in [0.15, 0.2) is 0 Å². The summed E-state index contributed by atoms with van der Waals surface area (Å²) < 4.78 is 5.25. The van der Waals surface area contributed by atoms with Crippen LogP contribution in [0.4, 0.5) is 0 Å². The van der Waals surface area contributed by atoms with Gasteiger partial charge >= 0.3 is 5.97 Å². The second-order valence-corrected chi connectivity index (χ2v) is 6.19. The smallest absolute Gasteiger partial charge is 0.309 e. The molecule has 2 amide bonds. The fraction of sp³-hybridized carbons (Fsp3) is 0.438. The molecule has 1 heterocycles.